The quantitative estimate of drug-likeness (QED) is 0.838. The van der Waals surface area contributed by atoms with E-state index in [-0.39, 0.29) is 6.03 Å². The molecule has 5 nitrogen and oxygen atoms in total. The van der Waals surface area contributed by atoms with Crippen LogP contribution in [0.3, 0.4) is 0 Å². The zero-order valence-electron chi connectivity index (χ0n) is 13.5. The van der Waals surface area contributed by atoms with Crippen molar-refractivity contribution in [1.82, 2.24) is 20.4 Å². The Hall–Kier alpha value is -1.52. The largest absolute Gasteiger partial charge is 0.338 e. The number of amides is 2. The van der Waals surface area contributed by atoms with Gasteiger partial charge in [0.2, 0.25) is 0 Å². The zero-order valence-corrected chi connectivity index (χ0v) is 13.5. The number of rotatable bonds is 4. The number of aromatic amines is 1. The highest BCUT2D eigenvalue weighted by atomic mass is 16.2. The average molecular weight is 292 g/mol. The van der Waals surface area contributed by atoms with Crippen LogP contribution >= 0.6 is 0 Å². The highest BCUT2D eigenvalue weighted by molar-refractivity contribution is 5.74. The van der Waals surface area contributed by atoms with Crippen LogP contribution in [0.15, 0.2) is 6.20 Å². The van der Waals surface area contributed by atoms with Crippen molar-refractivity contribution in [2.45, 2.75) is 58.9 Å². The molecule has 2 unspecified atom stereocenters. The summed E-state index contributed by atoms with van der Waals surface area (Å²) in [5, 5.41) is 10.0. The summed E-state index contributed by atoms with van der Waals surface area (Å²) >= 11 is 0. The van der Waals surface area contributed by atoms with E-state index in [1.807, 2.05) is 18.0 Å². The van der Waals surface area contributed by atoms with E-state index in [0.29, 0.717) is 12.0 Å². The maximum atomic E-state index is 12.3. The second kappa shape index (κ2) is 7.48. The molecule has 0 bridgehead atoms. The van der Waals surface area contributed by atoms with Gasteiger partial charge in [-0.05, 0) is 51.0 Å². The molecule has 2 atom stereocenters. The Morgan fingerprint density at radius 2 is 2.29 bits per heavy atom. The predicted molar refractivity (Wildman–Crippen MR) is 84.2 cm³/mol. The lowest BCUT2D eigenvalue weighted by Crippen LogP contribution is -2.46. The average Bonchev–Trinajstić information content (AvgIpc) is 2.77. The van der Waals surface area contributed by atoms with Gasteiger partial charge in [0, 0.05) is 24.8 Å². The van der Waals surface area contributed by atoms with E-state index in [4.69, 9.17) is 0 Å². The molecule has 21 heavy (non-hydrogen) atoms. The van der Waals surface area contributed by atoms with Gasteiger partial charge in [0.25, 0.3) is 0 Å². The molecule has 0 spiro atoms. The van der Waals surface area contributed by atoms with Crippen molar-refractivity contribution in [2.24, 2.45) is 5.92 Å². The molecule has 0 radical (unpaired) electrons. The first kappa shape index (κ1) is 15.9. The highest BCUT2D eigenvalue weighted by Gasteiger charge is 2.24. The van der Waals surface area contributed by atoms with Crippen LogP contribution in [0, 0.1) is 12.8 Å². The van der Waals surface area contributed by atoms with Crippen LogP contribution in [0.4, 0.5) is 4.79 Å². The van der Waals surface area contributed by atoms with Crippen molar-refractivity contribution in [2.75, 3.05) is 13.1 Å². The molecule has 1 aliphatic rings. The molecule has 1 saturated heterocycles. The number of hydrogen-bond donors (Lipinski definition) is 2. The van der Waals surface area contributed by atoms with Crippen molar-refractivity contribution < 1.29 is 4.79 Å². The fourth-order valence-electron chi connectivity index (χ4n) is 3.01. The van der Waals surface area contributed by atoms with Crippen molar-refractivity contribution in [3.8, 4) is 0 Å². The van der Waals surface area contributed by atoms with Crippen LogP contribution in [0.25, 0.3) is 0 Å². The summed E-state index contributed by atoms with van der Waals surface area (Å²) in [6, 6.07) is 0.450. The molecule has 0 aromatic carbocycles. The fourth-order valence-corrected chi connectivity index (χ4v) is 3.01. The Balaban J connectivity index is 1.74. The van der Waals surface area contributed by atoms with Gasteiger partial charge in [-0.2, -0.15) is 5.10 Å². The monoisotopic (exact) mass is 292 g/mol. The second-order valence-electron chi connectivity index (χ2n) is 6.39. The van der Waals surface area contributed by atoms with E-state index in [9.17, 15) is 4.79 Å². The Morgan fingerprint density at radius 1 is 1.48 bits per heavy atom. The third kappa shape index (κ3) is 4.48. The number of urea groups is 1. The van der Waals surface area contributed by atoms with Crippen LogP contribution < -0.4 is 5.32 Å². The number of nitrogens with zero attached hydrogens (tertiary/aromatic N) is 2. The van der Waals surface area contributed by atoms with E-state index >= 15 is 0 Å². The van der Waals surface area contributed by atoms with Crippen LogP contribution in [0.5, 0.6) is 0 Å². The number of carbonyl (C=O) groups is 1. The second-order valence-corrected chi connectivity index (χ2v) is 6.39. The smallest absolute Gasteiger partial charge is 0.317 e. The summed E-state index contributed by atoms with van der Waals surface area (Å²) in [4.78, 5) is 14.3. The molecule has 5 heteroatoms. The molecule has 0 aliphatic carbocycles. The third-order valence-electron chi connectivity index (χ3n) is 4.45. The molecule has 2 rings (SSSR count). The van der Waals surface area contributed by atoms with Crippen molar-refractivity contribution >= 4 is 6.03 Å². The number of hydrogen-bond acceptors (Lipinski definition) is 2. The van der Waals surface area contributed by atoms with E-state index in [1.54, 1.807) is 0 Å². The lowest BCUT2D eigenvalue weighted by atomic mass is 10.1. The summed E-state index contributed by atoms with van der Waals surface area (Å²) in [5.74, 6) is 0.606. The van der Waals surface area contributed by atoms with Crippen LogP contribution in [0.2, 0.25) is 0 Å². The van der Waals surface area contributed by atoms with Crippen molar-refractivity contribution in [1.29, 1.82) is 0 Å². The van der Waals surface area contributed by atoms with E-state index < -0.39 is 0 Å². The van der Waals surface area contributed by atoms with Gasteiger partial charge in [-0.15, -0.1) is 0 Å². The molecule has 1 aliphatic heterocycles. The molecule has 1 aromatic rings. The Morgan fingerprint density at radius 3 is 3.00 bits per heavy atom. The van der Waals surface area contributed by atoms with Gasteiger partial charge in [-0.25, -0.2) is 4.79 Å². The van der Waals surface area contributed by atoms with Gasteiger partial charge in [0.1, 0.15) is 0 Å². The summed E-state index contributed by atoms with van der Waals surface area (Å²) in [6.45, 7) is 8.03. The topological polar surface area (TPSA) is 61.0 Å². The number of aryl methyl sites for hydroxylation is 2. The first-order valence-corrected chi connectivity index (χ1v) is 8.11. The summed E-state index contributed by atoms with van der Waals surface area (Å²) < 4.78 is 0. The van der Waals surface area contributed by atoms with Crippen molar-refractivity contribution in [3.63, 3.8) is 0 Å². The normalized spacial score (nSPS) is 22.9. The Bertz CT molecular complexity index is 457. The maximum absolute atomic E-state index is 12.3. The molecular weight excluding hydrogens is 264 g/mol. The predicted octanol–water partition coefficient (Wildman–Crippen LogP) is 2.87. The van der Waals surface area contributed by atoms with Gasteiger partial charge in [-0.1, -0.05) is 13.3 Å². The standard InChI is InChI=1S/C16H28N4O/c1-12-6-4-7-13(2)20(11-12)16(21)17-9-5-8-15-10-18-19-14(15)3/h10,12-13H,4-9,11H2,1-3H3,(H,17,21)(H,18,19). The molecule has 1 fully saturated rings. The minimum Gasteiger partial charge on any atom is -0.338 e. The molecule has 2 N–H and O–H groups in total. The van der Waals surface area contributed by atoms with Crippen molar-refractivity contribution in [3.05, 3.63) is 17.5 Å². The lowest BCUT2D eigenvalue weighted by Gasteiger charge is -2.28. The van der Waals surface area contributed by atoms with Gasteiger partial charge in [0.15, 0.2) is 0 Å². The number of aromatic nitrogens is 2. The molecule has 118 valence electrons. The number of carbonyl (C=O) groups excluding carboxylic acids is 1. The van der Waals surface area contributed by atoms with Gasteiger partial charge in [-0.3, -0.25) is 5.10 Å². The summed E-state index contributed by atoms with van der Waals surface area (Å²) in [7, 11) is 0. The van der Waals surface area contributed by atoms with Gasteiger partial charge < -0.3 is 10.2 Å². The maximum Gasteiger partial charge on any atom is 0.317 e. The molecule has 1 aromatic heterocycles. The molecule has 2 amide bonds. The minimum absolute atomic E-state index is 0.0974. The first-order valence-electron chi connectivity index (χ1n) is 8.11. The SMILES string of the molecule is Cc1[nH]ncc1CCCNC(=O)N1CC(C)CCCC1C. The summed E-state index contributed by atoms with van der Waals surface area (Å²) in [6.07, 6.45) is 7.35. The van der Waals surface area contributed by atoms with Gasteiger partial charge >= 0.3 is 6.03 Å². The van der Waals surface area contributed by atoms with Crippen LogP contribution in [-0.4, -0.2) is 40.3 Å². The number of likely N-dealkylation sites (tertiary alicyclic amines) is 1. The van der Waals surface area contributed by atoms with E-state index in [0.717, 1.165) is 38.0 Å². The number of nitrogens with one attached hydrogen (secondary N) is 2. The first-order chi connectivity index (χ1) is 10.1. The van der Waals surface area contributed by atoms with Gasteiger partial charge in [0.05, 0.1) is 6.20 Å². The van der Waals surface area contributed by atoms with Crippen LogP contribution in [-0.2, 0) is 6.42 Å². The lowest BCUT2D eigenvalue weighted by molar-refractivity contribution is 0.173. The highest BCUT2D eigenvalue weighted by Crippen LogP contribution is 2.20. The fraction of sp³-hybridized carbons (Fsp3) is 0.750. The third-order valence-corrected chi connectivity index (χ3v) is 4.45. The van der Waals surface area contributed by atoms with E-state index in [2.05, 4.69) is 29.4 Å². The van der Waals surface area contributed by atoms with Crippen LogP contribution in [0.1, 0.15) is 50.8 Å². The molecule has 0 saturated carbocycles. The minimum atomic E-state index is 0.0974. The number of H-pyrrole nitrogens is 1. The zero-order chi connectivity index (χ0) is 15.2. The Kier molecular flexibility index (Phi) is 5.65. The summed E-state index contributed by atoms with van der Waals surface area (Å²) in [5.41, 5.74) is 2.36. The Labute approximate surface area is 127 Å². The molecule has 2 heterocycles. The molecular formula is C16H28N4O. The van der Waals surface area contributed by atoms with E-state index in [1.165, 1.54) is 18.4 Å².